The van der Waals surface area contributed by atoms with E-state index in [1.54, 1.807) is 0 Å². The Morgan fingerprint density at radius 1 is 1.20 bits per heavy atom. The highest BCUT2D eigenvalue weighted by Crippen LogP contribution is 2.20. The smallest absolute Gasteiger partial charge is 0.113 e. The van der Waals surface area contributed by atoms with Crippen molar-refractivity contribution in [2.45, 2.75) is 26.3 Å². The van der Waals surface area contributed by atoms with Crippen LogP contribution in [0.15, 0.2) is 42.5 Å². The van der Waals surface area contributed by atoms with E-state index in [0.717, 1.165) is 23.1 Å². The highest BCUT2D eigenvalue weighted by molar-refractivity contribution is 5.76. The molecule has 1 aromatic heterocycles. The predicted molar refractivity (Wildman–Crippen MR) is 81.0 cm³/mol. The van der Waals surface area contributed by atoms with Gasteiger partial charge in [-0.15, -0.1) is 5.10 Å². The monoisotopic (exact) mass is 266 g/mol. The second kappa shape index (κ2) is 5.06. The fourth-order valence-corrected chi connectivity index (χ4v) is 2.50. The Morgan fingerprint density at radius 3 is 2.75 bits per heavy atom. The van der Waals surface area contributed by atoms with E-state index in [2.05, 4.69) is 35.4 Å². The van der Waals surface area contributed by atoms with Gasteiger partial charge in [0, 0.05) is 6.04 Å². The molecule has 0 saturated heterocycles. The number of hydrogen-bond donors (Lipinski definition) is 1. The average molecular weight is 266 g/mol. The number of nitrogens with zero attached hydrogens (tertiary/aromatic N) is 3. The number of nitrogens with two attached hydrogens (primary N) is 1. The number of para-hydroxylation sites is 1. The van der Waals surface area contributed by atoms with Crippen LogP contribution in [0.2, 0.25) is 0 Å². The maximum atomic E-state index is 5.85. The van der Waals surface area contributed by atoms with Crippen LogP contribution >= 0.6 is 0 Å². The summed E-state index contributed by atoms with van der Waals surface area (Å²) in [6, 6.07) is 14.5. The summed E-state index contributed by atoms with van der Waals surface area (Å²) in [4.78, 5) is 0. The molecule has 0 spiro atoms. The van der Waals surface area contributed by atoms with Gasteiger partial charge in [0.15, 0.2) is 0 Å². The summed E-state index contributed by atoms with van der Waals surface area (Å²) in [6.45, 7) is 4.12. The molecule has 0 aliphatic carbocycles. The number of rotatable bonds is 3. The Labute approximate surface area is 118 Å². The third-order valence-corrected chi connectivity index (χ3v) is 3.40. The van der Waals surface area contributed by atoms with Gasteiger partial charge in [-0.1, -0.05) is 29.5 Å². The van der Waals surface area contributed by atoms with Crippen molar-refractivity contribution in [3.8, 4) is 5.69 Å². The van der Waals surface area contributed by atoms with Crippen LogP contribution in [0.4, 0.5) is 0 Å². The van der Waals surface area contributed by atoms with Crippen molar-refractivity contribution in [2.75, 3.05) is 0 Å². The Bertz CT molecular complexity index is 743. The zero-order valence-corrected chi connectivity index (χ0v) is 11.7. The van der Waals surface area contributed by atoms with Gasteiger partial charge in [-0.2, -0.15) is 0 Å². The summed E-state index contributed by atoms with van der Waals surface area (Å²) in [5.41, 5.74) is 11.3. The van der Waals surface area contributed by atoms with Crippen LogP contribution in [-0.4, -0.2) is 21.0 Å². The largest absolute Gasteiger partial charge is 0.328 e. The van der Waals surface area contributed by atoms with Gasteiger partial charge in [0.25, 0.3) is 0 Å². The first-order valence-corrected chi connectivity index (χ1v) is 6.81. The number of aryl methyl sites for hydroxylation is 1. The summed E-state index contributed by atoms with van der Waals surface area (Å²) < 4.78 is 1.89. The molecule has 102 valence electrons. The van der Waals surface area contributed by atoms with Crippen LogP contribution in [0.25, 0.3) is 16.7 Å². The van der Waals surface area contributed by atoms with Gasteiger partial charge in [0.2, 0.25) is 0 Å². The van der Waals surface area contributed by atoms with Gasteiger partial charge in [-0.05, 0) is 49.6 Å². The van der Waals surface area contributed by atoms with Crippen LogP contribution in [0.1, 0.15) is 18.1 Å². The van der Waals surface area contributed by atoms with Gasteiger partial charge < -0.3 is 5.73 Å². The van der Waals surface area contributed by atoms with Crippen LogP contribution in [0, 0.1) is 6.92 Å². The van der Waals surface area contributed by atoms with E-state index in [9.17, 15) is 0 Å². The zero-order chi connectivity index (χ0) is 14.1. The van der Waals surface area contributed by atoms with Gasteiger partial charge in [-0.25, -0.2) is 4.68 Å². The fourth-order valence-electron chi connectivity index (χ4n) is 2.50. The molecule has 2 N–H and O–H groups in total. The van der Waals surface area contributed by atoms with Crippen LogP contribution < -0.4 is 5.73 Å². The molecule has 1 unspecified atom stereocenters. The minimum Gasteiger partial charge on any atom is -0.328 e. The van der Waals surface area contributed by atoms with Crippen LogP contribution in [-0.2, 0) is 6.42 Å². The lowest BCUT2D eigenvalue weighted by Gasteiger charge is -2.10. The second-order valence-electron chi connectivity index (χ2n) is 5.29. The Hall–Kier alpha value is -2.20. The number of aromatic nitrogens is 3. The summed E-state index contributed by atoms with van der Waals surface area (Å²) in [6.07, 6.45) is 0.888. The Morgan fingerprint density at radius 2 is 2.00 bits per heavy atom. The topological polar surface area (TPSA) is 56.7 Å². The molecule has 0 amide bonds. The number of hydrogen-bond acceptors (Lipinski definition) is 3. The van der Waals surface area contributed by atoms with Gasteiger partial charge in [0.1, 0.15) is 5.52 Å². The lowest BCUT2D eigenvalue weighted by atomic mass is 10.0. The molecular weight excluding hydrogens is 248 g/mol. The third kappa shape index (κ3) is 2.30. The van der Waals surface area contributed by atoms with Crippen molar-refractivity contribution < 1.29 is 0 Å². The molecule has 2 aromatic carbocycles. The molecule has 0 saturated carbocycles. The molecule has 0 bridgehead atoms. The van der Waals surface area contributed by atoms with Gasteiger partial charge in [-0.3, -0.25) is 0 Å². The van der Waals surface area contributed by atoms with Gasteiger partial charge in [0.05, 0.1) is 11.2 Å². The fraction of sp³-hybridized carbons (Fsp3) is 0.250. The first-order valence-electron chi connectivity index (χ1n) is 6.81. The lowest BCUT2D eigenvalue weighted by Crippen LogP contribution is -2.17. The van der Waals surface area contributed by atoms with Gasteiger partial charge >= 0.3 is 0 Å². The molecule has 1 heterocycles. The van der Waals surface area contributed by atoms with E-state index < -0.39 is 0 Å². The molecule has 3 aromatic rings. The molecule has 4 nitrogen and oxygen atoms in total. The molecule has 20 heavy (non-hydrogen) atoms. The second-order valence-corrected chi connectivity index (χ2v) is 5.29. The Balaban J connectivity index is 2.06. The van der Waals surface area contributed by atoms with E-state index >= 15 is 0 Å². The van der Waals surface area contributed by atoms with E-state index in [-0.39, 0.29) is 6.04 Å². The molecule has 1 atom stereocenters. The minimum atomic E-state index is 0.174. The molecule has 0 aliphatic rings. The van der Waals surface area contributed by atoms with Crippen molar-refractivity contribution in [3.63, 3.8) is 0 Å². The normalized spacial score (nSPS) is 12.8. The summed E-state index contributed by atoms with van der Waals surface area (Å²) in [7, 11) is 0. The lowest BCUT2D eigenvalue weighted by molar-refractivity contribution is 0.736. The van der Waals surface area contributed by atoms with E-state index in [0.29, 0.717) is 0 Å². The van der Waals surface area contributed by atoms with Crippen molar-refractivity contribution >= 4 is 11.0 Å². The molecule has 0 fully saturated rings. The maximum absolute atomic E-state index is 5.85. The van der Waals surface area contributed by atoms with E-state index in [1.807, 2.05) is 35.9 Å². The first kappa shape index (κ1) is 12.8. The average Bonchev–Trinajstić information content (AvgIpc) is 2.82. The summed E-state index contributed by atoms with van der Waals surface area (Å²) in [5, 5.41) is 8.46. The van der Waals surface area contributed by atoms with E-state index in [4.69, 9.17) is 5.73 Å². The summed E-state index contributed by atoms with van der Waals surface area (Å²) in [5.74, 6) is 0. The SMILES string of the molecule is Cc1cc(CC(C)N)ccc1-n1nnc2ccccc21. The quantitative estimate of drug-likeness (QED) is 0.792. The standard InChI is InChI=1S/C16H18N4/c1-11-9-13(10-12(2)17)7-8-15(11)20-16-6-4-3-5-14(16)18-19-20/h3-9,12H,10,17H2,1-2H3. The molecule has 3 rings (SSSR count). The van der Waals surface area contributed by atoms with Crippen LogP contribution in [0.5, 0.6) is 0 Å². The van der Waals surface area contributed by atoms with Crippen molar-refractivity contribution in [1.82, 2.24) is 15.0 Å². The Kier molecular flexibility index (Phi) is 3.24. The highest BCUT2D eigenvalue weighted by Gasteiger charge is 2.09. The first-order chi connectivity index (χ1) is 9.65. The number of fused-ring (bicyclic) bond motifs is 1. The molecule has 0 aliphatic heterocycles. The maximum Gasteiger partial charge on any atom is 0.113 e. The molecule has 0 radical (unpaired) electrons. The molecular formula is C16H18N4. The third-order valence-electron chi connectivity index (χ3n) is 3.40. The summed E-state index contributed by atoms with van der Waals surface area (Å²) >= 11 is 0. The molecule has 4 heteroatoms. The predicted octanol–water partition coefficient (Wildman–Crippen LogP) is 2.62. The minimum absolute atomic E-state index is 0.174. The van der Waals surface area contributed by atoms with Crippen molar-refractivity contribution in [3.05, 3.63) is 53.6 Å². The highest BCUT2D eigenvalue weighted by atomic mass is 15.4. The van der Waals surface area contributed by atoms with Crippen molar-refractivity contribution in [1.29, 1.82) is 0 Å². The van der Waals surface area contributed by atoms with E-state index in [1.165, 1.54) is 11.1 Å². The zero-order valence-electron chi connectivity index (χ0n) is 11.7. The van der Waals surface area contributed by atoms with Crippen molar-refractivity contribution in [2.24, 2.45) is 5.73 Å². The van der Waals surface area contributed by atoms with Crippen LogP contribution in [0.3, 0.4) is 0 Å². The number of benzene rings is 2.